The summed E-state index contributed by atoms with van der Waals surface area (Å²) in [6.45, 7) is 12.5. The summed E-state index contributed by atoms with van der Waals surface area (Å²) >= 11 is 7.11. The highest BCUT2D eigenvalue weighted by molar-refractivity contribution is 7.18. The molecule has 37 heavy (non-hydrogen) atoms. The van der Waals surface area contributed by atoms with Gasteiger partial charge in [0.2, 0.25) is 0 Å². The number of methoxy groups -OCH3 is 1. The van der Waals surface area contributed by atoms with E-state index in [1.807, 2.05) is 24.3 Å². The third-order valence-electron chi connectivity index (χ3n) is 6.36. The van der Waals surface area contributed by atoms with Crippen molar-refractivity contribution in [1.29, 1.82) is 0 Å². The van der Waals surface area contributed by atoms with Gasteiger partial charge in [0.1, 0.15) is 5.75 Å². The summed E-state index contributed by atoms with van der Waals surface area (Å²) < 4.78 is 12.0. The maximum Gasteiger partial charge on any atom is 0.265 e. The first kappa shape index (κ1) is 28.7. The zero-order valence-corrected chi connectivity index (χ0v) is 24.6. The number of nitrogens with one attached hydrogen (secondary N) is 3. The van der Waals surface area contributed by atoms with Crippen molar-refractivity contribution in [3.8, 4) is 5.75 Å². The molecule has 3 N–H and O–H groups in total. The monoisotopic (exact) mass is 559 g/mol. The molecule has 7 nitrogen and oxygen atoms in total. The van der Waals surface area contributed by atoms with Crippen molar-refractivity contribution in [3.05, 3.63) is 69.4 Å². The van der Waals surface area contributed by atoms with Crippen LogP contribution in [0.1, 0.15) is 40.8 Å². The summed E-state index contributed by atoms with van der Waals surface area (Å²) in [4.78, 5) is 26.2. The van der Waals surface area contributed by atoms with Gasteiger partial charge in [0.25, 0.3) is 11.8 Å². The maximum atomic E-state index is 13.1. The van der Waals surface area contributed by atoms with Crippen LogP contribution >= 0.6 is 22.9 Å². The van der Waals surface area contributed by atoms with E-state index < -0.39 is 8.32 Å². The van der Waals surface area contributed by atoms with E-state index in [4.69, 9.17) is 20.8 Å². The highest BCUT2D eigenvalue weighted by Crippen LogP contribution is 2.36. The van der Waals surface area contributed by atoms with Crippen LogP contribution in [0.15, 0.2) is 54.6 Å². The summed E-state index contributed by atoms with van der Waals surface area (Å²) in [7, 11) is -0.246. The highest BCUT2D eigenvalue weighted by atomic mass is 35.5. The molecular formula is C27H34ClN3O4SSi. The van der Waals surface area contributed by atoms with E-state index in [0.29, 0.717) is 45.1 Å². The van der Waals surface area contributed by atoms with E-state index in [9.17, 15) is 9.59 Å². The molecule has 0 aliphatic carbocycles. The largest absolute Gasteiger partial charge is 0.497 e. The molecule has 0 saturated carbocycles. The molecule has 0 fully saturated rings. The fourth-order valence-electron chi connectivity index (χ4n) is 3.16. The number of ether oxygens (including phenoxy) is 1. The van der Waals surface area contributed by atoms with E-state index in [1.165, 1.54) is 7.11 Å². The summed E-state index contributed by atoms with van der Waals surface area (Å²) in [5.41, 5.74) is 2.21. The van der Waals surface area contributed by atoms with Gasteiger partial charge in [-0.2, -0.15) is 0 Å². The van der Waals surface area contributed by atoms with E-state index >= 15 is 0 Å². The fraction of sp³-hybridized carbons (Fsp3) is 0.333. The van der Waals surface area contributed by atoms with Gasteiger partial charge in [-0.3, -0.25) is 9.59 Å². The number of hydrogen-bond donors (Lipinski definition) is 3. The fourth-order valence-corrected chi connectivity index (χ4v) is 5.14. The molecule has 3 rings (SSSR count). The van der Waals surface area contributed by atoms with Gasteiger partial charge in [0.05, 0.1) is 34.2 Å². The van der Waals surface area contributed by atoms with Gasteiger partial charge >= 0.3 is 0 Å². The Hall–Kier alpha value is -2.85. The van der Waals surface area contributed by atoms with Crippen LogP contribution in [0.4, 0.5) is 17.1 Å². The number of anilines is 3. The SMILES string of the molecule is COc1ccc(C(=O)Nc2ccc(NCCO[Si](C)(C)C(C)(C)C)cc2)c(NC(=O)c2ccc(Cl)s2)c1. The molecule has 3 aromatic rings. The summed E-state index contributed by atoms with van der Waals surface area (Å²) in [6.07, 6.45) is 0. The van der Waals surface area contributed by atoms with Crippen LogP contribution in [0.2, 0.25) is 22.5 Å². The molecule has 0 bridgehead atoms. The zero-order valence-electron chi connectivity index (χ0n) is 22.0. The summed E-state index contributed by atoms with van der Waals surface area (Å²) in [6, 6.07) is 15.6. The maximum absolute atomic E-state index is 13.1. The molecule has 2 amide bonds. The third-order valence-corrected chi connectivity index (χ3v) is 12.1. The normalized spacial score (nSPS) is 11.6. The number of amides is 2. The van der Waals surface area contributed by atoms with Gasteiger partial charge < -0.3 is 25.1 Å². The van der Waals surface area contributed by atoms with Crippen molar-refractivity contribution >= 4 is 60.1 Å². The van der Waals surface area contributed by atoms with Gasteiger partial charge in [0, 0.05) is 24.0 Å². The number of benzene rings is 2. The lowest BCUT2D eigenvalue weighted by molar-refractivity contribution is 0.102. The summed E-state index contributed by atoms with van der Waals surface area (Å²) in [5.74, 6) is -0.193. The van der Waals surface area contributed by atoms with E-state index in [-0.39, 0.29) is 16.9 Å². The number of thiophene rings is 1. The molecule has 2 aromatic carbocycles. The van der Waals surface area contributed by atoms with Crippen LogP contribution in [-0.2, 0) is 4.43 Å². The highest BCUT2D eigenvalue weighted by Gasteiger charge is 2.36. The van der Waals surface area contributed by atoms with Crippen LogP contribution < -0.4 is 20.7 Å². The van der Waals surface area contributed by atoms with Gasteiger partial charge in [-0.25, -0.2) is 0 Å². The van der Waals surface area contributed by atoms with Crippen LogP contribution in [-0.4, -0.2) is 40.4 Å². The zero-order chi connectivity index (χ0) is 27.2. The standard InChI is InChI=1S/C27H34ClN3O4SSi/c1-27(2,3)37(5,6)35-16-15-29-18-7-9-19(10-8-18)30-25(32)21-12-11-20(34-4)17-22(21)31-26(33)23-13-14-24(28)36-23/h7-14,17,29H,15-16H2,1-6H3,(H,30,32)(H,31,33). The molecule has 198 valence electrons. The lowest BCUT2D eigenvalue weighted by atomic mass is 10.1. The van der Waals surface area contributed by atoms with Crippen molar-refractivity contribution in [2.45, 2.75) is 38.9 Å². The molecule has 0 spiro atoms. The second-order valence-electron chi connectivity index (χ2n) is 10.0. The Kier molecular flexibility index (Phi) is 9.41. The minimum absolute atomic E-state index is 0.178. The van der Waals surface area contributed by atoms with Gasteiger partial charge in [-0.1, -0.05) is 32.4 Å². The average molecular weight is 560 g/mol. The van der Waals surface area contributed by atoms with Gasteiger partial charge in [-0.05, 0) is 66.7 Å². The van der Waals surface area contributed by atoms with E-state index in [1.54, 1.807) is 30.3 Å². The molecular weight excluding hydrogens is 526 g/mol. The van der Waals surface area contributed by atoms with Gasteiger partial charge in [0.15, 0.2) is 8.32 Å². The molecule has 0 radical (unpaired) electrons. The Morgan fingerprint density at radius 3 is 2.22 bits per heavy atom. The molecule has 0 unspecified atom stereocenters. The molecule has 1 heterocycles. The Labute approximate surface area is 228 Å². The van der Waals surface area contributed by atoms with E-state index in [2.05, 4.69) is 49.8 Å². The number of halogens is 1. The molecule has 0 aliphatic heterocycles. The lowest BCUT2D eigenvalue weighted by Gasteiger charge is -2.36. The smallest absolute Gasteiger partial charge is 0.265 e. The Morgan fingerprint density at radius 2 is 1.62 bits per heavy atom. The summed E-state index contributed by atoms with van der Waals surface area (Å²) in [5, 5.41) is 9.21. The van der Waals surface area contributed by atoms with Crippen LogP contribution in [0, 0.1) is 0 Å². The van der Waals surface area contributed by atoms with Crippen LogP contribution in [0.3, 0.4) is 0 Å². The second-order valence-corrected chi connectivity index (χ2v) is 16.6. The average Bonchev–Trinajstić information content (AvgIpc) is 3.28. The number of carbonyl (C=O) groups is 2. The third kappa shape index (κ3) is 7.81. The predicted octanol–water partition coefficient (Wildman–Crippen LogP) is 7.35. The number of hydrogen-bond acceptors (Lipinski definition) is 6. The van der Waals surface area contributed by atoms with Crippen LogP contribution in [0.25, 0.3) is 0 Å². The van der Waals surface area contributed by atoms with Crippen molar-refractivity contribution in [3.63, 3.8) is 0 Å². The molecule has 10 heteroatoms. The van der Waals surface area contributed by atoms with Crippen molar-refractivity contribution < 1.29 is 18.8 Å². The lowest BCUT2D eigenvalue weighted by Crippen LogP contribution is -2.41. The Bertz CT molecular complexity index is 1240. The Balaban J connectivity index is 1.62. The van der Waals surface area contributed by atoms with Crippen LogP contribution in [0.5, 0.6) is 5.75 Å². The predicted molar refractivity (Wildman–Crippen MR) is 156 cm³/mol. The van der Waals surface area contributed by atoms with Crippen molar-refractivity contribution in [2.75, 3.05) is 36.2 Å². The van der Waals surface area contributed by atoms with E-state index in [0.717, 1.165) is 17.0 Å². The van der Waals surface area contributed by atoms with Crippen molar-refractivity contribution in [1.82, 2.24) is 0 Å². The molecule has 1 aromatic heterocycles. The first-order valence-corrected chi connectivity index (χ1v) is 16.0. The number of carbonyl (C=O) groups excluding carboxylic acids is 2. The first-order valence-electron chi connectivity index (χ1n) is 11.9. The van der Waals surface area contributed by atoms with Crippen molar-refractivity contribution in [2.24, 2.45) is 0 Å². The molecule has 0 saturated heterocycles. The minimum Gasteiger partial charge on any atom is -0.497 e. The van der Waals surface area contributed by atoms with Gasteiger partial charge in [-0.15, -0.1) is 11.3 Å². The second kappa shape index (κ2) is 12.1. The first-order chi connectivity index (χ1) is 17.4. The minimum atomic E-state index is -1.77. The quantitative estimate of drug-likeness (QED) is 0.178. The molecule has 0 aliphatic rings. The Morgan fingerprint density at radius 1 is 0.946 bits per heavy atom. The molecule has 0 atom stereocenters. The topological polar surface area (TPSA) is 88.7 Å². The number of rotatable bonds is 10.